The molecular weight excluding hydrogens is 395 g/mol. The van der Waals surface area contributed by atoms with Gasteiger partial charge in [-0.3, -0.25) is 9.52 Å². The summed E-state index contributed by atoms with van der Waals surface area (Å²) in [5.74, 6) is -0.977. The Hall–Kier alpha value is -2.78. The van der Waals surface area contributed by atoms with Gasteiger partial charge < -0.3 is 4.98 Å². The van der Waals surface area contributed by atoms with Crippen molar-refractivity contribution >= 4 is 32.7 Å². The van der Waals surface area contributed by atoms with E-state index in [1.165, 1.54) is 31.4 Å². The molecule has 2 aromatic heterocycles. The van der Waals surface area contributed by atoms with Crippen LogP contribution in [0, 0.1) is 5.82 Å². The van der Waals surface area contributed by atoms with E-state index in [0.29, 0.717) is 22.5 Å². The molecule has 4 rings (SSSR count). The lowest BCUT2D eigenvalue weighted by Crippen LogP contribution is -2.32. The number of H-pyrrole nitrogens is 1. The predicted octanol–water partition coefficient (Wildman–Crippen LogP) is 3.42. The predicted molar refractivity (Wildman–Crippen MR) is 109 cm³/mol. The van der Waals surface area contributed by atoms with Crippen molar-refractivity contribution in [2.24, 2.45) is 0 Å². The van der Waals surface area contributed by atoms with Gasteiger partial charge in [0.1, 0.15) is 5.65 Å². The van der Waals surface area contributed by atoms with Gasteiger partial charge in [-0.25, -0.2) is 9.37 Å². The van der Waals surface area contributed by atoms with E-state index in [1.807, 2.05) is 6.07 Å². The Labute approximate surface area is 168 Å². The van der Waals surface area contributed by atoms with E-state index >= 15 is 4.39 Å². The molecule has 152 valence electrons. The molecule has 2 N–H and O–H groups in total. The minimum Gasteiger partial charge on any atom is -0.345 e. The minimum absolute atomic E-state index is 0.206. The second kappa shape index (κ2) is 7.23. The Kier molecular flexibility index (Phi) is 4.87. The number of fused-ring (bicyclic) bond motifs is 1. The van der Waals surface area contributed by atoms with Gasteiger partial charge in [0, 0.05) is 36.9 Å². The average molecular weight is 416 g/mol. The van der Waals surface area contributed by atoms with Crippen LogP contribution in [-0.2, 0) is 10.2 Å². The minimum atomic E-state index is -3.91. The molecule has 3 aromatic rings. The van der Waals surface area contributed by atoms with Crippen LogP contribution in [0.15, 0.2) is 36.7 Å². The van der Waals surface area contributed by atoms with Crippen LogP contribution < -0.4 is 4.72 Å². The van der Waals surface area contributed by atoms with Crippen molar-refractivity contribution in [3.8, 4) is 0 Å². The molecule has 0 bridgehead atoms. The molecule has 1 aromatic carbocycles. The van der Waals surface area contributed by atoms with Crippen LogP contribution in [0.1, 0.15) is 47.2 Å². The Balaban J connectivity index is 1.71. The standard InChI is InChI=1S/C20H21FN4O3S/c1-3-25(2)29(27,28)24-17-6-4-5-14(18(17)21)19(26)16-11-23-20-15(16)9-13(10-22-20)12-7-8-12/h4-6,9-12,24H,3,7-8H2,1-2H3,(H,22,23). The number of aromatic amines is 1. The number of hydrogen-bond acceptors (Lipinski definition) is 4. The molecule has 7 nitrogen and oxygen atoms in total. The first kappa shape index (κ1) is 19.5. The second-order valence-corrected chi connectivity index (χ2v) is 8.94. The Morgan fingerprint density at radius 1 is 1.34 bits per heavy atom. The molecule has 0 unspecified atom stereocenters. The molecule has 1 fully saturated rings. The maximum atomic E-state index is 15.0. The lowest BCUT2D eigenvalue weighted by atomic mass is 10.0. The monoisotopic (exact) mass is 416 g/mol. The molecule has 9 heteroatoms. The fourth-order valence-corrected chi connectivity index (χ4v) is 4.10. The van der Waals surface area contributed by atoms with Crippen LogP contribution >= 0.6 is 0 Å². The van der Waals surface area contributed by atoms with E-state index in [-0.39, 0.29) is 17.8 Å². The van der Waals surface area contributed by atoms with E-state index in [1.54, 1.807) is 13.1 Å². The van der Waals surface area contributed by atoms with Crippen LogP contribution in [0.3, 0.4) is 0 Å². The van der Waals surface area contributed by atoms with Crippen molar-refractivity contribution in [1.29, 1.82) is 0 Å². The van der Waals surface area contributed by atoms with Gasteiger partial charge in [0.15, 0.2) is 11.6 Å². The molecule has 0 aliphatic heterocycles. The number of nitrogens with one attached hydrogen (secondary N) is 2. The average Bonchev–Trinajstić information content (AvgIpc) is 3.47. The number of halogens is 1. The molecule has 1 aliphatic carbocycles. The van der Waals surface area contributed by atoms with Crippen molar-refractivity contribution < 1.29 is 17.6 Å². The van der Waals surface area contributed by atoms with Crippen molar-refractivity contribution in [3.05, 3.63) is 59.2 Å². The lowest BCUT2D eigenvalue weighted by Gasteiger charge is -2.17. The number of anilines is 1. The Bertz CT molecular complexity index is 1200. The first-order valence-electron chi connectivity index (χ1n) is 9.36. The molecule has 0 amide bonds. The van der Waals surface area contributed by atoms with Crippen LogP contribution in [0.25, 0.3) is 11.0 Å². The van der Waals surface area contributed by atoms with Gasteiger partial charge in [-0.15, -0.1) is 0 Å². The van der Waals surface area contributed by atoms with Crippen molar-refractivity contribution in [3.63, 3.8) is 0 Å². The summed E-state index contributed by atoms with van der Waals surface area (Å²) in [6, 6.07) is 6.00. The zero-order valence-electron chi connectivity index (χ0n) is 16.1. The number of rotatable bonds is 7. The third kappa shape index (κ3) is 3.63. The maximum Gasteiger partial charge on any atom is 0.301 e. The van der Waals surface area contributed by atoms with E-state index < -0.39 is 21.8 Å². The summed E-state index contributed by atoms with van der Waals surface area (Å²) >= 11 is 0. The fourth-order valence-electron chi connectivity index (χ4n) is 3.17. The molecule has 0 atom stereocenters. The van der Waals surface area contributed by atoms with E-state index in [9.17, 15) is 13.2 Å². The highest BCUT2D eigenvalue weighted by Gasteiger charge is 2.26. The fraction of sp³-hybridized carbons (Fsp3) is 0.300. The number of ketones is 1. The van der Waals surface area contributed by atoms with Gasteiger partial charge in [-0.1, -0.05) is 13.0 Å². The van der Waals surface area contributed by atoms with Gasteiger partial charge in [0.2, 0.25) is 0 Å². The summed E-state index contributed by atoms with van der Waals surface area (Å²) in [5, 5.41) is 0.635. The lowest BCUT2D eigenvalue weighted by molar-refractivity contribution is 0.103. The highest BCUT2D eigenvalue weighted by Crippen LogP contribution is 2.40. The number of pyridine rings is 1. The topological polar surface area (TPSA) is 95.2 Å². The Morgan fingerprint density at radius 3 is 2.79 bits per heavy atom. The summed E-state index contributed by atoms with van der Waals surface area (Å²) in [7, 11) is -2.53. The summed E-state index contributed by atoms with van der Waals surface area (Å²) in [5.41, 5.74) is 1.45. The molecular formula is C20H21FN4O3S. The van der Waals surface area contributed by atoms with Crippen LogP contribution in [-0.4, -0.2) is 42.1 Å². The summed E-state index contributed by atoms with van der Waals surface area (Å²) in [6.45, 7) is 1.89. The van der Waals surface area contributed by atoms with E-state index in [4.69, 9.17) is 0 Å². The summed E-state index contributed by atoms with van der Waals surface area (Å²) in [6.07, 6.45) is 5.51. The maximum absolute atomic E-state index is 15.0. The van der Waals surface area contributed by atoms with Crippen molar-refractivity contribution in [2.75, 3.05) is 18.3 Å². The van der Waals surface area contributed by atoms with Gasteiger partial charge in [-0.2, -0.15) is 12.7 Å². The van der Waals surface area contributed by atoms with Crippen molar-refractivity contribution in [2.45, 2.75) is 25.7 Å². The normalized spacial score (nSPS) is 14.5. The van der Waals surface area contributed by atoms with Gasteiger partial charge in [-0.05, 0) is 42.5 Å². The van der Waals surface area contributed by atoms with Gasteiger partial charge >= 0.3 is 10.2 Å². The SMILES string of the molecule is CCN(C)S(=O)(=O)Nc1cccc(C(=O)c2c[nH]c3ncc(C4CC4)cc23)c1F. The first-order valence-corrected chi connectivity index (χ1v) is 10.8. The molecule has 1 saturated carbocycles. The van der Waals surface area contributed by atoms with Crippen molar-refractivity contribution in [1.82, 2.24) is 14.3 Å². The van der Waals surface area contributed by atoms with Gasteiger partial charge in [0.25, 0.3) is 0 Å². The number of hydrogen-bond donors (Lipinski definition) is 2. The molecule has 0 radical (unpaired) electrons. The molecule has 2 heterocycles. The highest BCUT2D eigenvalue weighted by atomic mass is 32.2. The summed E-state index contributed by atoms with van der Waals surface area (Å²) in [4.78, 5) is 20.4. The number of benzene rings is 1. The van der Waals surface area contributed by atoms with Crippen LogP contribution in [0.2, 0.25) is 0 Å². The van der Waals surface area contributed by atoms with Gasteiger partial charge in [0.05, 0.1) is 11.3 Å². The number of aromatic nitrogens is 2. The largest absolute Gasteiger partial charge is 0.345 e. The zero-order valence-corrected chi connectivity index (χ0v) is 16.9. The molecule has 0 saturated heterocycles. The number of nitrogens with zero attached hydrogens (tertiary/aromatic N) is 2. The number of carbonyl (C=O) groups excluding carboxylic acids is 1. The second-order valence-electron chi connectivity index (χ2n) is 7.16. The molecule has 29 heavy (non-hydrogen) atoms. The van der Waals surface area contributed by atoms with Crippen LogP contribution in [0.5, 0.6) is 0 Å². The summed E-state index contributed by atoms with van der Waals surface area (Å²) < 4.78 is 42.7. The van der Waals surface area contributed by atoms with E-state index in [0.717, 1.165) is 22.7 Å². The quantitative estimate of drug-likeness (QED) is 0.577. The third-order valence-corrected chi connectivity index (χ3v) is 6.74. The Morgan fingerprint density at radius 2 is 2.10 bits per heavy atom. The zero-order chi connectivity index (χ0) is 20.8. The molecule has 0 spiro atoms. The highest BCUT2D eigenvalue weighted by molar-refractivity contribution is 7.90. The van der Waals surface area contributed by atoms with Crippen LogP contribution in [0.4, 0.5) is 10.1 Å². The molecule has 1 aliphatic rings. The third-order valence-electron chi connectivity index (χ3n) is 5.18. The number of carbonyl (C=O) groups is 1. The van der Waals surface area contributed by atoms with E-state index in [2.05, 4.69) is 14.7 Å². The smallest absolute Gasteiger partial charge is 0.301 e. The first-order chi connectivity index (χ1) is 13.8.